The number of rotatable bonds is 7. The molecule has 0 aliphatic carbocycles. The van der Waals surface area contributed by atoms with Crippen LogP contribution in [0.2, 0.25) is 0 Å². The largest absolute Gasteiger partial charge is 1.00 e. The minimum Gasteiger partial charge on any atom is -0.857 e. The van der Waals surface area contributed by atoms with E-state index in [0.29, 0.717) is 5.56 Å². The standard InChI is InChI=1S/C17H17N3O6.C8H11N3O4.CH4O.CH3O.Na/c1-11(21)18-13-7-8-20(17(23)19-13)14-9-24-15(26-14)10-25-16(22)12-5-3-2-4-6-12;9-5-1-2-11(8(13)10-5)6-4-14-7(3-12)15-6;2*1-2;/h2-8,14-15H,9-10H2,1H3,(H,18,19,21,23);1-2,6-7,12H,3-4H2,(H2,9,10,13);2H,1H3;1H3;/q;;;-1;+1/t14-,15-;6-,7-;;;/m00.../s1. The van der Waals surface area contributed by atoms with Gasteiger partial charge in [0.25, 0.3) is 0 Å². The number of nitrogens with two attached hydrogens (primary N) is 1. The van der Waals surface area contributed by atoms with E-state index in [4.69, 9.17) is 44.7 Å². The van der Waals surface area contributed by atoms with Crippen molar-refractivity contribution < 1.29 is 78.2 Å². The summed E-state index contributed by atoms with van der Waals surface area (Å²) in [6, 6.07) is 11.5. The number of hydrogen-bond acceptors (Lipinski definition) is 15. The maximum absolute atomic E-state index is 12.0. The Bertz CT molecular complexity index is 1480. The van der Waals surface area contributed by atoms with Gasteiger partial charge in [-0.25, -0.2) is 14.4 Å². The molecule has 46 heavy (non-hydrogen) atoms. The van der Waals surface area contributed by atoms with Gasteiger partial charge in [-0.05, 0) is 24.3 Å². The number of anilines is 2. The number of carbonyl (C=O) groups is 2. The summed E-state index contributed by atoms with van der Waals surface area (Å²) < 4.78 is 28.9. The number of aromatic nitrogens is 4. The smallest absolute Gasteiger partial charge is 0.857 e. The average molecular weight is 659 g/mol. The van der Waals surface area contributed by atoms with Crippen LogP contribution in [0.1, 0.15) is 29.7 Å². The molecule has 0 bridgehead atoms. The maximum Gasteiger partial charge on any atom is 1.00 e. The minimum atomic E-state index is -0.783. The first-order valence-electron chi connectivity index (χ1n) is 13.2. The first-order chi connectivity index (χ1) is 21.7. The first kappa shape index (κ1) is 40.5. The Morgan fingerprint density at radius 1 is 0.957 bits per heavy atom. The average Bonchev–Trinajstić information content (AvgIpc) is 3.73. The van der Waals surface area contributed by atoms with Crippen molar-refractivity contribution >= 4 is 23.5 Å². The summed E-state index contributed by atoms with van der Waals surface area (Å²) in [6.07, 6.45) is 0.226. The number of esters is 1. The fraction of sp³-hybridized carbons (Fsp3) is 0.407. The van der Waals surface area contributed by atoms with Crippen LogP contribution in [0, 0.1) is 0 Å². The van der Waals surface area contributed by atoms with Crippen LogP contribution in [-0.4, -0.2) is 94.4 Å². The van der Waals surface area contributed by atoms with E-state index in [1.807, 2.05) is 0 Å². The predicted molar refractivity (Wildman–Crippen MR) is 153 cm³/mol. The van der Waals surface area contributed by atoms with Gasteiger partial charge < -0.3 is 50.1 Å². The van der Waals surface area contributed by atoms with Crippen LogP contribution in [0.5, 0.6) is 0 Å². The van der Waals surface area contributed by atoms with E-state index >= 15 is 0 Å². The second-order valence-electron chi connectivity index (χ2n) is 8.58. The van der Waals surface area contributed by atoms with Crippen LogP contribution in [-0.2, 0) is 28.5 Å². The quantitative estimate of drug-likeness (QED) is 0.137. The molecule has 1 amide bonds. The van der Waals surface area contributed by atoms with Crippen molar-refractivity contribution in [1.82, 2.24) is 19.1 Å². The van der Waals surface area contributed by atoms with Crippen LogP contribution in [0.3, 0.4) is 0 Å². The number of hydrogen-bond donors (Lipinski definition) is 4. The summed E-state index contributed by atoms with van der Waals surface area (Å²) in [4.78, 5) is 53.6. The van der Waals surface area contributed by atoms with Gasteiger partial charge in [-0.3, -0.25) is 13.9 Å². The van der Waals surface area contributed by atoms with Crippen LogP contribution < -0.4 is 57.1 Å². The molecular weight excluding hydrogens is 623 g/mol. The molecule has 1 aromatic carbocycles. The van der Waals surface area contributed by atoms with Crippen molar-refractivity contribution in [3.8, 4) is 0 Å². The van der Waals surface area contributed by atoms with E-state index in [9.17, 15) is 19.2 Å². The number of benzene rings is 1. The van der Waals surface area contributed by atoms with E-state index in [1.165, 1.54) is 40.6 Å². The SMILES string of the molecule is CC(=O)Nc1ccn([C@@H]2CO[C@H](COC(=O)c3ccccc3)O2)c(=O)n1.CO.C[O-].Nc1ccn([C@@H]2CO[C@H](CO)O2)c(=O)n1.[Na+]. The molecular formula is C27H35N6NaO12. The molecule has 5 N–H and O–H groups in total. The number of amides is 1. The summed E-state index contributed by atoms with van der Waals surface area (Å²) in [7, 11) is 1.75. The molecule has 0 unspecified atom stereocenters. The zero-order chi connectivity index (χ0) is 33.4. The predicted octanol–water partition coefficient (Wildman–Crippen LogP) is -4.79. The molecule has 0 saturated carbocycles. The van der Waals surface area contributed by atoms with E-state index in [-0.39, 0.29) is 73.5 Å². The fourth-order valence-corrected chi connectivity index (χ4v) is 3.69. The van der Waals surface area contributed by atoms with E-state index in [1.54, 1.807) is 30.3 Å². The van der Waals surface area contributed by atoms with Gasteiger partial charge in [0.2, 0.25) is 5.91 Å². The number of nitrogen functional groups attached to an aromatic ring is 1. The molecule has 5 rings (SSSR count). The van der Waals surface area contributed by atoms with Gasteiger partial charge in [-0.2, -0.15) is 17.1 Å². The number of nitrogens with one attached hydrogen (secondary N) is 1. The van der Waals surface area contributed by atoms with Gasteiger partial charge in [0.15, 0.2) is 25.0 Å². The third-order valence-corrected chi connectivity index (χ3v) is 5.58. The maximum atomic E-state index is 12.0. The molecule has 0 radical (unpaired) electrons. The summed E-state index contributed by atoms with van der Waals surface area (Å²) in [5, 5.41) is 26.4. The summed E-state index contributed by atoms with van der Waals surface area (Å²) in [5.74, 6) is -0.491. The minimum absolute atomic E-state index is 0. The van der Waals surface area contributed by atoms with Crippen LogP contribution in [0.15, 0.2) is 64.4 Å². The van der Waals surface area contributed by atoms with Crippen molar-refractivity contribution in [2.24, 2.45) is 0 Å². The van der Waals surface area contributed by atoms with Crippen molar-refractivity contribution in [1.29, 1.82) is 0 Å². The molecule has 2 aromatic heterocycles. The molecule has 2 aliphatic rings. The second kappa shape index (κ2) is 21.3. The number of carbonyl (C=O) groups excluding carboxylic acids is 2. The van der Waals surface area contributed by atoms with Crippen LogP contribution in [0.25, 0.3) is 0 Å². The second-order valence-corrected chi connectivity index (χ2v) is 8.58. The number of nitrogens with zero attached hydrogens (tertiary/aromatic N) is 4. The van der Waals surface area contributed by atoms with Gasteiger partial charge in [-0.15, -0.1) is 0 Å². The summed E-state index contributed by atoms with van der Waals surface area (Å²) in [5.41, 5.74) is 4.68. The van der Waals surface area contributed by atoms with Gasteiger partial charge in [-0.1, -0.05) is 18.2 Å². The molecule has 18 nitrogen and oxygen atoms in total. The zero-order valence-electron chi connectivity index (χ0n) is 25.7. The molecule has 4 heterocycles. The first-order valence-corrected chi connectivity index (χ1v) is 13.2. The molecule has 246 valence electrons. The summed E-state index contributed by atoms with van der Waals surface area (Å²) in [6.45, 7) is 1.29. The Morgan fingerprint density at radius 2 is 1.50 bits per heavy atom. The van der Waals surface area contributed by atoms with Crippen molar-refractivity contribution in [3.63, 3.8) is 0 Å². The third-order valence-electron chi connectivity index (χ3n) is 5.58. The van der Waals surface area contributed by atoms with E-state index in [0.717, 1.165) is 14.2 Å². The Labute approximate surface area is 284 Å². The number of aliphatic hydroxyl groups excluding tert-OH is 2. The fourth-order valence-electron chi connectivity index (χ4n) is 3.69. The Morgan fingerprint density at radius 3 is 2.02 bits per heavy atom. The monoisotopic (exact) mass is 658 g/mol. The van der Waals surface area contributed by atoms with Crippen molar-refractivity contribution in [3.05, 3.63) is 81.4 Å². The Hall–Kier alpha value is -3.56. The van der Waals surface area contributed by atoms with Crippen molar-refractivity contribution in [2.75, 3.05) is 51.7 Å². The molecule has 2 saturated heterocycles. The van der Waals surface area contributed by atoms with E-state index in [2.05, 4.69) is 15.3 Å². The van der Waals surface area contributed by atoms with Gasteiger partial charge in [0.05, 0.1) is 25.4 Å². The normalized spacial score (nSPS) is 19.4. The number of aliphatic hydroxyl groups is 2. The van der Waals surface area contributed by atoms with Gasteiger partial charge in [0.1, 0.15) is 18.2 Å². The zero-order valence-corrected chi connectivity index (χ0v) is 27.7. The molecule has 4 atom stereocenters. The molecule has 3 aromatic rings. The summed E-state index contributed by atoms with van der Waals surface area (Å²) >= 11 is 0. The molecule has 19 heteroatoms. The van der Waals surface area contributed by atoms with Gasteiger partial charge in [0, 0.05) is 26.4 Å². The van der Waals surface area contributed by atoms with Crippen molar-refractivity contribution in [2.45, 2.75) is 32.0 Å². The molecule has 2 fully saturated rings. The molecule has 0 spiro atoms. The Kier molecular flexibility index (Phi) is 18.7. The van der Waals surface area contributed by atoms with Gasteiger partial charge >= 0.3 is 46.9 Å². The van der Waals surface area contributed by atoms with E-state index < -0.39 is 42.4 Å². The van der Waals surface area contributed by atoms with Crippen LogP contribution in [0.4, 0.5) is 11.6 Å². The molecule has 2 aliphatic heterocycles. The van der Waals surface area contributed by atoms with Crippen LogP contribution >= 0.6 is 0 Å². The number of ether oxygens (including phenoxy) is 5. The topological polar surface area (TPSA) is 252 Å². The Balaban J connectivity index is 0.000000451. The third kappa shape index (κ3) is 12.3.